The van der Waals surface area contributed by atoms with E-state index in [9.17, 15) is 22.4 Å². The molecule has 3 heterocycles. The average molecular weight is 549 g/mol. The molecule has 198 valence electrons. The normalized spacial score (nSPS) is 15.9. The molecule has 1 atom stereocenters. The number of nitrogen functional groups attached to an aromatic ring is 1. The Balaban J connectivity index is 1.73. The number of fused-ring (bicyclic) bond motifs is 2. The van der Waals surface area contributed by atoms with Crippen LogP contribution in [0, 0.1) is 11.6 Å². The second-order valence-corrected chi connectivity index (χ2v) is 9.78. The van der Waals surface area contributed by atoms with Crippen molar-refractivity contribution in [2.45, 2.75) is 25.6 Å². The van der Waals surface area contributed by atoms with Gasteiger partial charge in [-0.2, -0.15) is 13.2 Å². The first-order valence-corrected chi connectivity index (χ1v) is 12.4. The van der Waals surface area contributed by atoms with E-state index in [0.717, 1.165) is 35.9 Å². The van der Waals surface area contributed by atoms with Crippen LogP contribution in [0.25, 0.3) is 32.2 Å². The van der Waals surface area contributed by atoms with Crippen LogP contribution < -0.4 is 10.6 Å². The molecule has 1 aliphatic rings. The van der Waals surface area contributed by atoms with Gasteiger partial charge in [0.05, 0.1) is 15.8 Å². The Hall–Kier alpha value is -3.87. The summed E-state index contributed by atoms with van der Waals surface area (Å²) in [7, 11) is 0. The fraction of sp³-hybridized carbons (Fsp3) is 0.280. The third-order valence-electron chi connectivity index (χ3n) is 6.64. The molecule has 0 radical (unpaired) electrons. The maximum Gasteiger partial charge on any atom is 0.417 e. The molecule has 1 fully saturated rings. The number of carbonyl (C=O) groups excluding carboxylic acids is 1. The minimum Gasteiger partial charge on any atom is -0.375 e. The van der Waals surface area contributed by atoms with Gasteiger partial charge in [0, 0.05) is 42.2 Å². The van der Waals surface area contributed by atoms with Crippen molar-refractivity contribution in [3.63, 3.8) is 0 Å². The van der Waals surface area contributed by atoms with Gasteiger partial charge in [-0.15, -0.1) is 0 Å². The van der Waals surface area contributed by atoms with Crippen LogP contribution in [-0.2, 0) is 11.0 Å². The molecule has 1 amide bonds. The number of likely N-dealkylation sites (N-methyl/N-ethyl adjacent to an activating group) is 1. The van der Waals surface area contributed by atoms with Crippen LogP contribution in [-0.4, -0.2) is 51.4 Å². The lowest BCUT2D eigenvalue weighted by Gasteiger charge is -2.30. The number of nitrogens with zero attached hydrogens (tertiary/aromatic N) is 5. The lowest BCUT2D eigenvalue weighted by atomic mass is 9.95. The fourth-order valence-electron chi connectivity index (χ4n) is 4.96. The van der Waals surface area contributed by atoms with Crippen LogP contribution in [0.4, 0.5) is 32.9 Å². The Morgan fingerprint density at radius 3 is 2.74 bits per heavy atom. The van der Waals surface area contributed by atoms with E-state index in [2.05, 4.69) is 21.5 Å². The van der Waals surface area contributed by atoms with Crippen molar-refractivity contribution in [3.8, 4) is 11.1 Å². The predicted molar refractivity (Wildman–Crippen MR) is 136 cm³/mol. The van der Waals surface area contributed by atoms with Crippen molar-refractivity contribution in [3.05, 3.63) is 54.4 Å². The van der Waals surface area contributed by atoms with Crippen LogP contribution in [0.3, 0.4) is 0 Å². The van der Waals surface area contributed by atoms with Crippen LogP contribution in [0.5, 0.6) is 0 Å². The summed E-state index contributed by atoms with van der Waals surface area (Å²) in [6.45, 7) is 6.38. The Bertz CT molecular complexity index is 1590. The number of hydrogen-bond donors (Lipinski definition) is 1. The van der Waals surface area contributed by atoms with Crippen molar-refractivity contribution < 1.29 is 26.7 Å². The molecule has 13 heteroatoms. The monoisotopic (exact) mass is 548 g/mol. The van der Waals surface area contributed by atoms with Crippen molar-refractivity contribution in [2.75, 3.05) is 30.3 Å². The molecular formula is C25H21F5N6OS. The highest BCUT2D eigenvalue weighted by atomic mass is 32.1. The van der Waals surface area contributed by atoms with Gasteiger partial charge in [-0.05, 0) is 37.6 Å². The summed E-state index contributed by atoms with van der Waals surface area (Å²) in [5.74, 6) is -2.09. The van der Waals surface area contributed by atoms with Crippen LogP contribution in [0.2, 0.25) is 0 Å². The number of rotatable bonds is 5. The molecule has 1 saturated heterocycles. The number of thiazole rings is 1. The van der Waals surface area contributed by atoms with Gasteiger partial charge in [-0.25, -0.2) is 23.7 Å². The number of likely N-dealkylation sites (tertiary alicyclic amines) is 1. The molecule has 4 aromatic rings. The Morgan fingerprint density at radius 1 is 1.29 bits per heavy atom. The van der Waals surface area contributed by atoms with Gasteiger partial charge in [-0.1, -0.05) is 17.9 Å². The second-order valence-electron chi connectivity index (χ2n) is 8.75. The molecule has 0 spiro atoms. The lowest BCUT2D eigenvalue weighted by molar-refractivity contribution is -0.137. The summed E-state index contributed by atoms with van der Waals surface area (Å²) < 4.78 is 73.7. The Labute approximate surface area is 217 Å². The molecule has 2 aromatic heterocycles. The van der Waals surface area contributed by atoms with Crippen molar-refractivity contribution in [1.82, 2.24) is 19.9 Å². The summed E-state index contributed by atoms with van der Waals surface area (Å²) in [6.07, 6.45) is -2.14. The summed E-state index contributed by atoms with van der Waals surface area (Å²) in [5, 5.41) is -0.197. The number of halogens is 5. The molecule has 5 rings (SSSR count). The van der Waals surface area contributed by atoms with E-state index in [4.69, 9.17) is 5.73 Å². The third-order valence-corrected chi connectivity index (χ3v) is 7.53. The maximum atomic E-state index is 16.1. The van der Waals surface area contributed by atoms with Crippen molar-refractivity contribution in [1.29, 1.82) is 0 Å². The Morgan fingerprint density at radius 2 is 2.05 bits per heavy atom. The predicted octanol–water partition coefficient (Wildman–Crippen LogP) is 5.40. The summed E-state index contributed by atoms with van der Waals surface area (Å²) in [6, 6.07) is 2.58. The number of benzene rings is 2. The van der Waals surface area contributed by atoms with E-state index in [1.807, 2.05) is 0 Å². The van der Waals surface area contributed by atoms with Gasteiger partial charge in [0.25, 0.3) is 0 Å². The van der Waals surface area contributed by atoms with Crippen LogP contribution >= 0.6 is 11.3 Å². The van der Waals surface area contributed by atoms with Gasteiger partial charge in [0.2, 0.25) is 5.91 Å². The van der Waals surface area contributed by atoms with E-state index >= 15 is 4.39 Å². The van der Waals surface area contributed by atoms with Crippen molar-refractivity contribution in [2.24, 2.45) is 0 Å². The second kappa shape index (κ2) is 9.46. The highest BCUT2D eigenvalue weighted by Crippen LogP contribution is 2.45. The number of anilines is 2. The minimum absolute atomic E-state index is 0.0650. The van der Waals surface area contributed by atoms with Crippen LogP contribution in [0.1, 0.15) is 18.9 Å². The molecule has 0 saturated carbocycles. The largest absolute Gasteiger partial charge is 0.417 e. The molecule has 0 bridgehead atoms. The molecule has 0 aliphatic carbocycles. The molecule has 1 unspecified atom stereocenters. The van der Waals surface area contributed by atoms with Gasteiger partial charge < -0.3 is 15.5 Å². The number of nitrogens with two attached hydrogens (primary N) is 1. The molecule has 2 aromatic carbocycles. The van der Waals surface area contributed by atoms with E-state index in [0.29, 0.717) is 26.1 Å². The van der Waals surface area contributed by atoms with E-state index in [1.165, 1.54) is 6.08 Å². The van der Waals surface area contributed by atoms with Crippen molar-refractivity contribution >= 4 is 49.3 Å². The molecule has 7 nitrogen and oxygen atoms in total. The molecule has 1 aliphatic heterocycles. The number of hydrogen-bond acceptors (Lipinski definition) is 7. The summed E-state index contributed by atoms with van der Waals surface area (Å²) in [4.78, 5) is 27.6. The Kier molecular flexibility index (Phi) is 6.41. The lowest BCUT2D eigenvalue weighted by Crippen LogP contribution is -2.39. The number of carbonyl (C=O) groups is 1. The quantitative estimate of drug-likeness (QED) is 0.266. The van der Waals surface area contributed by atoms with Gasteiger partial charge >= 0.3 is 6.18 Å². The molecule has 38 heavy (non-hydrogen) atoms. The zero-order valence-electron chi connectivity index (χ0n) is 20.0. The third kappa shape index (κ3) is 4.20. The van der Waals surface area contributed by atoms with E-state index < -0.39 is 28.9 Å². The smallest absolute Gasteiger partial charge is 0.375 e. The topological polar surface area (TPSA) is 88.2 Å². The van der Waals surface area contributed by atoms with Gasteiger partial charge in [0.15, 0.2) is 10.9 Å². The van der Waals surface area contributed by atoms with Crippen LogP contribution in [0.15, 0.2) is 37.2 Å². The average Bonchev–Trinajstić information content (AvgIpc) is 3.52. The number of aromatic nitrogens is 3. The first-order chi connectivity index (χ1) is 18.0. The summed E-state index contributed by atoms with van der Waals surface area (Å²) >= 11 is 0.759. The first-order valence-electron chi connectivity index (χ1n) is 11.6. The van der Waals surface area contributed by atoms with Gasteiger partial charge in [-0.3, -0.25) is 4.79 Å². The van der Waals surface area contributed by atoms with E-state index in [1.54, 1.807) is 16.7 Å². The first kappa shape index (κ1) is 25.8. The number of amides is 1. The zero-order chi connectivity index (χ0) is 27.4. The fourth-order valence-corrected chi connectivity index (χ4v) is 5.73. The summed E-state index contributed by atoms with van der Waals surface area (Å²) in [5.41, 5.74) is 2.88. The van der Waals surface area contributed by atoms with Gasteiger partial charge in [0.1, 0.15) is 23.5 Å². The molecular weight excluding hydrogens is 527 g/mol. The zero-order valence-corrected chi connectivity index (χ0v) is 20.8. The molecule has 2 N–H and O–H groups in total. The highest BCUT2D eigenvalue weighted by molar-refractivity contribution is 7.22. The number of alkyl halides is 3. The van der Waals surface area contributed by atoms with E-state index in [-0.39, 0.29) is 49.6 Å². The maximum absolute atomic E-state index is 16.1. The SMILES string of the molecule is C=CC(=O)N1CCC(N(CC)c2ncnc3c(F)c(-c4ccc(F)c5sc(N)nc45)c(C(F)(F)F)cc23)C1. The minimum atomic E-state index is -4.97. The highest BCUT2D eigenvalue weighted by Gasteiger charge is 2.38. The standard InChI is InChI=1S/C25H21F5N6OS/c1-3-17(37)35-8-7-12(10-35)36(4-2)23-14-9-15(25(28,29)30)18(19(27)20(14)32-11-33-23)13-5-6-16(26)22-21(13)34-24(31)38-22/h3,5-6,9,11-12H,1,4,7-8,10H2,2H3,(H2,31,34).